The van der Waals surface area contributed by atoms with Gasteiger partial charge in [0.2, 0.25) is 5.91 Å². The van der Waals surface area contributed by atoms with Crippen LogP contribution in [0.3, 0.4) is 0 Å². The number of nitrogens with two attached hydrogens (primary N) is 1. The van der Waals surface area contributed by atoms with Crippen LogP contribution in [-0.4, -0.2) is 67.1 Å². The number of likely N-dealkylation sites (N-methyl/N-ethyl adjacent to an activating group) is 1. The van der Waals surface area contributed by atoms with E-state index in [1.54, 1.807) is 35.0 Å². The van der Waals surface area contributed by atoms with Crippen LogP contribution in [0.15, 0.2) is 41.6 Å². The Morgan fingerprint density at radius 3 is 2.80 bits per heavy atom. The number of amides is 2. The van der Waals surface area contributed by atoms with Crippen LogP contribution >= 0.6 is 0 Å². The van der Waals surface area contributed by atoms with E-state index in [9.17, 15) is 14.4 Å². The first-order valence-corrected chi connectivity index (χ1v) is 10.7. The number of hydrogen-bond acceptors (Lipinski definition) is 9. The summed E-state index contributed by atoms with van der Waals surface area (Å²) in [6, 6.07) is 5.22. The van der Waals surface area contributed by atoms with E-state index in [2.05, 4.69) is 30.4 Å². The van der Waals surface area contributed by atoms with Gasteiger partial charge in [-0.05, 0) is 17.5 Å². The van der Waals surface area contributed by atoms with Gasteiger partial charge in [-0.3, -0.25) is 28.9 Å². The van der Waals surface area contributed by atoms with Gasteiger partial charge < -0.3 is 20.9 Å². The second-order valence-corrected chi connectivity index (χ2v) is 8.20. The van der Waals surface area contributed by atoms with E-state index in [1.807, 2.05) is 6.07 Å². The van der Waals surface area contributed by atoms with E-state index in [1.165, 1.54) is 18.1 Å². The normalized spacial score (nSPS) is 13.4. The molecule has 178 valence electrons. The van der Waals surface area contributed by atoms with Crippen molar-refractivity contribution in [3.8, 4) is 0 Å². The van der Waals surface area contributed by atoms with Gasteiger partial charge in [-0.15, -0.1) is 0 Å². The molecule has 35 heavy (non-hydrogen) atoms. The van der Waals surface area contributed by atoms with Gasteiger partial charge in [0.15, 0.2) is 5.82 Å². The average Bonchev–Trinajstić information content (AvgIpc) is 3.15. The molecule has 1 aliphatic rings. The third kappa shape index (κ3) is 4.26. The number of nitrogen functional groups attached to an aromatic ring is 1. The predicted octanol–water partition coefficient (Wildman–Crippen LogP) is 0.527. The highest BCUT2D eigenvalue weighted by Crippen LogP contribution is 2.25. The first-order chi connectivity index (χ1) is 16.8. The number of H-pyrrole nitrogens is 1. The highest BCUT2D eigenvalue weighted by Gasteiger charge is 2.20. The van der Waals surface area contributed by atoms with Crippen LogP contribution in [0.25, 0.3) is 10.8 Å². The van der Waals surface area contributed by atoms with Crippen molar-refractivity contribution in [3.05, 3.63) is 58.5 Å². The molecule has 1 aliphatic heterocycles. The highest BCUT2D eigenvalue weighted by atomic mass is 16.2. The first kappa shape index (κ1) is 22.0. The van der Waals surface area contributed by atoms with Gasteiger partial charge >= 0.3 is 0 Å². The second kappa shape index (κ2) is 8.52. The van der Waals surface area contributed by atoms with Crippen LogP contribution in [0.1, 0.15) is 16.2 Å². The lowest BCUT2D eigenvalue weighted by Gasteiger charge is -2.16. The van der Waals surface area contributed by atoms with E-state index < -0.39 is 11.5 Å². The number of fused-ring (bicyclic) bond motifs is 2. The lowest BCUT2D eigenvalue weighted by Crippen LogP contribution is -2.29. The van der Waals surface area contributed by atoms with Crippen molar-refractivity contribution in [2.45, 2.75) is 13.0 Å². The molecule has 0 radical (unpaired) electrons. The molecule has 0 saturated heterocycles. The molecule has 0 fully saturated rings. The van der Waals surface area contributed by atoms with Crippen molar-refractivity contribution in [2.75, 3.05) is 36.6 Å². The van der Waals surface area contributed by atoms with E-state index in [0.717, 1.165) is 11.9 Å². The molecule has 4 N–H and O–H groups in total. The Kier molecular flexibility index (Phi) is 5.35. The molecule has 4 aromatic rings. The average molecular weight is 474 g/mol. The van der Waals surface area contributed by atoms with Gasteiger partial charge in [0.25, 0.3) is 11.5 Å². The molecule has 0 saturated carbocycles. The summed E-state index contributed by atoms with van der Waals surface area (Å²) in [4.78, 5) is 54.6. The predicted molar refractivity (Wildman–Crippen MR) is 128 cm³/mol. The Balaban J connectivity index is 1.43. The fourth-order valence-corrected chi connectivity index (χ4v) is 3.81. The maximum absolute atomic E-state index is 13.0. The number of aromatic nitrogens is 6. The minimum Gasteiger partial charge on any atom is -0.383 e. The monoisotopic (exact) mass is 474 g/mol. The number of nitrogens with one attached hydrogen (secondary N) is 2. The molecule has 0 spiro atoms. The molecule has 5 rings (SSSR count). The molecular weight excluding hydrogens is 452 g/mol. The SMILES string of the molecule is CN1CCc2cc(Nc3cc4cc(C(=O)N(C)c5cncc(=O)[nH]5)nc(N)c4cn3)nn2CC1=O. The zero-order valence-electron chi connectivity index (χ0n) is 19.0. The number of pyridine rings is 2. The van der Waals surface area contributed by atoms with E-state index in [4.69, 9.17) is 5.73 Å². The van der Waals surface area contributed by atoms with Gasteiger partial charge in [0.1, 0.15) is 29.7 Å². The maximum Gasteiger partial charge on any atom is 0.277 e. The number of rotatable bonds is 4. The molecule has 0 bridgehead atoms. The molecule has 13 nitrogen and oxygen atoms in total. The lowest BCUT2D eigenvalue weighted by molar-refractivity contribution is -0.130. The van der Waals surface area contributed by atoms with E-state index in [0.29, 0.717) is 35.4 Å². The quantitative estimate of drug-likeness (QED) is 0.382. The van der Waals surface area contributed by atoms with Crippen LogP contribution in [-0.2, 0) is 17.8 Å². The van der Waals surface area contributed by atoms with Crippen molar-refractivity contribution in [1.82, 2.24) is 34.6 Å². The summed E-state index contributed by atoms with van der Waals surface area (Å²) in [5.41, 5.74) is 6.71. The van der Waals surface area contributed by atoms with Crippen LogP contribution in [0.4, 0.5) is 23.3 Å². The minimum atomic E-state index is -0.471. The summed E-state index contributed by atoms with van der Waals surface area (Å²) in [5.74, 6) is 0.952. The number of carbonyl (C=O) groups excluding carboxylic acids is 2. The molecular formula is C22H22N10O3. The summed E-state index contributed by atoms with van der Waals surface area (Å²) in [7, 11) is 3.28. The fourth-order valence-electron chi connectivity index (χ4n) is 3.81. The van der Waals surface area contributed by atoms with Crippen molar-refractivity contribution in [2.24, 2.45) is 0 Å². The zero-order chi connectivity index (χ0) is 24.7. The number of hydrogen-bond donors (Lipinski definition) is 3. The third-order valence-corrected chi connectivity index (χ3v) is 5.80. The van der Waals surface area contributed by atoms with Crippen molar-refractivity contribution >= 4 is 45.9 Å². The molecule has 0 aliphatic carbocycles. The van der Waals surface area contributed by atoms with Gasteiger partial charge in [0, 0.05) is 50.4 Å². The number of carbonyl (C=O) groups is 2. The second-order valence-electron chi connectivity index (χ2n) is 8.20. The third-order valence-electron chi connectivity index (χ3n) is 5.80. The van der Waals surface area contributed by atoms with Crippen LogP contribution < -0.4 is 21.5 Å². The Morgan fingerprint density at radius 2 is 2.00 bits per heavy atom. The molecule has 0 unspecified atom stereocenters. The lowest BCUT2D eigenvalue weighted by atomic mass is 10.1. The van der Waals surface area contributed by atoms with E-state index >= 15 is 0 Å². The fraction of sp³-hybridized carbons (Fsp3) is 0.227. The topological polar surface area (TPSA) is 168 Å². The first-order valence-electron chi connectivity index (χ1n) is 10.7. The molecule has 0 atom stereocenters. The summed E-state index contributed by atoms with van der Waals surface area (Å²) >= 11 is 0. The van der Waals surface area contributed by atoms with Crippen LogP contribution in [0.5, 0.6) is 0 Å². The van der Waals surface area contributed by atoms with Crippen LogP contribution in [0.2, 0.25) is 0 Å². The summed E-state index contributed by atoms with van der Waals surface area (Å²) in [5, 5.41) is 8.86. The summed E-state index contributed by atoms with van der Waals surface area (Å²) < 4.78 is 1.69. The van der Waals surface area contributed by atoms with Crippen molar-refractivity contribution < 1.29 is 9.59 Å². The van der Waals surface area contributed by atoms with Gasteiger partial charge in [-0.2, -0.15) is 5.10 Å². The smallest absolute Gasteiger partial charge is 0.277 e. The van der Waals surface area contributed by atoms with Crippen molar-refractivity contribution in [3.63, 3.8) is 0 Å². The Bertz CT molecular complexity index is 1530. The molecule has 4 aromatic heterocycles. The van der Waals surface area contributed by atoms with Gasteiger partial charge in [-0.1, -0.05) is 0 Å². The highest BCUT2D eigenvalue weighted by molar-refractivity contribution is 6.07. The van der Waals surface area contributed by atoms with Crippen LogP contribution in [0, 0.1) is 0 Å². The van der Waals surface area contributed by atoms with E-state index in [-0.39, 0.29) is 29.8 Å². The molecule has 0 aromatic carbocycles. The number of nitrogens with zero attached hydrogens (tertiary/aromatic N) is 7. The number of anilines is 4. The minimum absolute atomic E-state index is 0.00253. The Morgan fingerprint density at radius 1 is 1.17 bits per heavy atom. The van der Waals surface area contributed by atoms with Gasteiger partial charge in [0.05, 0.1) is 12.4 Å². The van der Waals surface area contributed by atoms with Gasteiger partial charge in [-0.25, -0.2) is 9.97 Å². The Hall–Kier alpha value is -4.81. The van der Waals surface area contributed by atoms with Crippen molar-refractivity contribution in [1.29, 1.82) is 0 Å². The molecule has 13 heteroatoms. The maximum atomic E-state index is 13.0. The summed E-state index contributed by atoms with van der Waals surface area (Å²) in [6.07, 6.45) is 4.75. The standard InChI is InChI=1S/C22H22N10O3/c1-30-4-3-13-7-17(29-32(13)11-20(30)34)27-16-6-12-5-15(26-21(23)14(12)8-25-16)22(35)31(2)18-9-24-10-19(33)28-18/h5-10H,3-4,11H2,1-2H3,(H2,23,26)(H,28,33)(H,25,27,29). The summed E-state index contributed by atoms with van der Waals surface area (Å²) in [6.45, 7) is 0.810. The number of aromatic amines is 1. The zero-order valence-corrected chi connectivity index (χ0v) is 19.0. The Labute approximate surface area is 198 Å². The largest absolute Gasteiger partial charge is 0.383 e. The molecule has 5 heterocycles. The molecule has 2 amide bonds.